The molecule has 1 aromatic carbocycles. The monoisotopic (exact) mass is 289 g/mol. The number of nitrogens with zero attached hydrogens (tertiary/aromatic N) is 3. The molecule has 0 aliphatic carbocycles. The smallest absolute Gasteiger partial charge is 0.130 e. The van der Waals surface area contributed by atoms with Crippen LogP contribution in [0, 0.1) is 6.92 Å². The second-order valence-corrected chi connectivity index (χ2v) is 5.73. The first-order valence-electron chi connectivity index (χ1n) is 7.49. The largest absolute Gasteiger partial charge is 0.256 e. The molecule has 0 aliphatic heterocycles. The van der Waals surface area contributed by atoms with Crippen LogP contribution in [0.15, 0.2) is 55.0 Å². The van der Waals surface area contributed by atoms with Crippen molar-refractivity contribution in [2.45, 2.75) is 26.7 Å². The maximum Gasteiger partial charge on any atom is 0.130 e. The van der Waals surface area contributed by atoms with Gasteiger partial charge in [0.1, 0.15) is 5.82 Å². The van der Waals surface area contributed by atoms with Gasteiger partial charge in [-0.2, -0.15) is 0 Å². The minimum absolute atomic E-state index is 0.343. The lowest BCUT2D eigenvalue weighted by Gasteiger charge is -2.07. The average molecular weight is 289 g/mol. The van der Waals surface area contributed by atoms with Crippen molar-refractivity contribution in [3.8, 4) is 22.4 Å². The van der Waals surface area contributed by atoms with Gasteiger partial charge in [0, 0.05) is 41.2 Å². The first-order chi connectivity index (χ1) is 10.6. The van der Waals surface area contributed by atoms with Crippen molar-refractivity contribution in [1.82, 2.24) is 15.0 Å². The molecule has 0 atom stereocenters. The Hall–Kier alpha value is -2.55. The van der Waals surface area contributed by atoms with Crippen molar-refractivity contribution in [2.75, 3.05) is 0 Å². The predicted molar refractivity (Wildman–Crippen MR) is 89.5 cm³/mol. The zero-order valence-electron chi connectivity index (χ0n) is 13.1. The summed E-state index contributed by atoms with van der Waals surface area (Å²) in [7, 11) is 0. The van der Waals surface area contributed by atoms with Gasteiger partial charge in [-0.25, -0.2) is 9.97 Å². The van der Waals surface area contributed by atoms with Gasteiger partial charge in [-0.05, 0) is 18.6 Å². The number of hydrogen-bond donors (Lipinski definition) is 0. The fourth-order valence-corrected chi connectivity index (χ4v) is 2.37. The topological polar surface area (TPSA) is 38.7 Å². The molecule has 3 heteroatoms. The molecule has 0 bridgehead atoms. The molecule has 0 unspecified atom stereocenters. The summed E-state index contributed by atoms with van der Waals surface area (Å²) in [6, 6.07) is 12.4. The summed E-state index contributed by atoms with van der Waals surface area (Å²) in [6.07, 6.45) is 5.62. The van der Waals surface area contributed by atoms with Gasteiger partial charge in [0.2, 0.25) is 0 Å². The second kappa shape index (κ2) is 6.06. The number of hydrogen-bond acceptors (Lipinski definition) is 3. The van der Waals surface area contributed by atoms with E-state index in [2.05, 4.69) is 53.9 Å². The molecule has 110 valence electrons. The number of aryl methyl sites for hydroxylation is 1. The van der Waals surface area contributed by atoms with Crippen LogP contribution < -0.4 is 0 Å². The summed E-state index contributed by atoms with van der Waals surface area (Å²) < 4.78 is 0. The first-order valence-corrected chi connectivity index (χ1v) is 7.49. The first kappa shape index (κ1) is 14.4. The quantitative estimate of drug-likeness (QED) is 0.705. The lowest BCUT2D eigenvalue weighted by atomic mass is 10.0. The van der Waals surface area contributed by atoms with E-state index in [4.69, 9.17) is 0 Å². The van der Waals surface area contributed by atoms with E-state index in [0.29, 0.717) is 5.92 Å². The van der Waals surface area contributed by atoms with Gasteiger partial charge in [0.25, 0.3) is 0 Å². The van der Waals surface area contributed by atoms with Crippen LogP contribution in [0.1, 0.15) is 31.2 Å². The van der Waals surface area contributed by atoms with E-state index in [1.807, 2.05) is 36.8 Å². The zero-order chi connectivity index (χ0) is 15.5. The van der Waals surface area contributed by atoms with Crippen LogP contribution in [-0.2, 0) is 0 Å². The molecule has 2 aromatic heterocycles. The molecule has 0 radical (unpaired) electrons. The van der Waals surface area contributed by atoms with Crippen molar-refractivity contribution in [3.63, 3.8) is 0 Å². The van der Waals surface area contributed by atoms with E-state index in [9.17, 15) is 0 Å². The Bertz CT molecular complexity index is 759. The Labute approximate surface area is 131 Å². The normalized spacial score (nSPS) is 10.9. The number of rotatable bonds is 3. The molecule has 0 spiro atoms. The maximum absolute atomic E-state index is 4.59. The molecule has 3 nitrogen and oxygen atoms in total. The average Bonchev–Trinajstić information content (AvgIpc) is 2.56. The SMILES string of the molecule is Cc1ccccc1-c1ccc(-c2cnc(C(C)C)nc2)cn1. The molecule has 0 saturated heterocycles. The van der Waals surface area contributed by atoms with E-state index in [1.165, 1.54) is 11.1 Å². The lowest BCUT2D eigenvalue weighted by Crippen LogP contribution is -1.96. The number of pyridine rings is 1. The van der Waals surface area contributed by atoms with Gasteiger partial charge in [-0.1, -0.05) is 44.2 Å². The van der Waals surface area contributed by atoms with Crippen LogP contribution in [0.2, 0.25) is 0 Å². The highest BCUT2D eigenvalue weighted by Gasteiger charge is 2.06. The molecule has 3 aromatic rings. The van der Waals surface area contributed by atoms with Gasteiger partial charge in [-0.15, -0.1) is 0 Å². The van der Waals surface area contributed by atoms with E-state index in [0.717, 1.165) is 22.6 Å². The van der Waals surface area contributed by atoms with Crippen LogP contribution >= 0.6 is 0 Å². The standard InChI is InChI=1S/C19H19N3/c1-13(2)19-21-11-16(12-22-19)15-8-9-18(20-10-15)17-7-5-4-6-14(17)3/h4-13H,1-3H3. The summed E-state index contributed by atoms with van der Waals surface area (Å²) in [5.41, 5.74) is 5.41. The molecule has 3 rings (SSSR count). The van der Waals surface area contributed by atoms with E-state index in [1.54, 1.807) is 0 Å². The molecular formula is C19H19N3. The minimum Gasteiger partial charge on any atom is -0.256 e. The van der Waals surface area contributed by atoms with Crippen molar-refractivity contribution < 1.29 is 0 Å². The van der Waals surface area contributed by atoms with Crippen LogP contribution in [0.25, 0.3) is 22.4 Å². The summed E-state index contributed by atoms with van der Waals surface area (Å²) in [5.74, 6) is 1.21. The third-order valence-electron chi connectivity index (χ3n) is 3.71. The van der Waals surface area contributed by atoms with Crippen LogP contribution in [0.3, 0.4) is 0 Å². The molecule has 0 fully saturated rings. The minimum atomic E-state index is 0.343. The van der Waals surface area contributed by atoms with Crippen molar-refractivity contribution in [3.05, 3.63) is 66.4 Å². The van der Waals surface area contributed by atoms with Crippen LogP contribution in [-0.4, -0.2) is 15.0 Å². The Morgan fingerprint density at radius 1 is 0.773 bits per heavy atom. The van der Waals surface area contributed by atoms with Gasteiger partial charge < -0.3 is 0 Å². The summed E-state index contributed by atoms with van der Waals surface area (Å²) in [4.78, 5) is 13.4. The van der Waals surface area contributed by atoms with Crippen LogP contribution in [0.4, 0.5) is 0 Å². The van der Waals surface area contributed by atoms with E-state index >= 15 is 0 Å². The van der Waals surface area contributed by atoms with E-state index in [-0.39, 0.29) is 0 Å². The predicted octanol–water partition coefficient (Wildman–Crippen LogP) is 4.64. The zero-order valence-corrected chi connectivity index (χ0v) is 13.1. The Kier molecular flexibility index (Phi) is 3.96. The second-order valence-electron chi connectivity index (χ2n) is 5.73. The van der Waals surface area contributed by atoms with Crippen LogP contribution in [0.5, 0.6) is 0 Å². The van der Waals surface area contributed by atoms with Gasteiger partial charge in [-0.3, -0.25) is 4.98 Å². The third kappa shape index (κ3) is 2.89. The summed E-state index contributed by atoms with van der Waals surface area (Å²) >= 11 is 0. The van der Waals surface area contributed by atoms with Gasteiger partial charge in [0.15, 0.2) is 0 Å². The van der Waals surface area contributed by atoms with Crippen molar-refractivity contribution >= 4 is 0 Å². The number of aromatic nitrogens is 3. The highest BCUT2D eigenvalue weighted by molar-refractivity contribution is 5.67. The molecule has 0 N–H and O–H groups in total. The van der Waals surface area contributed by atoms with Gasteiger partial charge in [0.05, 0.1) is 5.69 Å². The Balaban J connectivity index is 1.90. The maximum atomic E-state index is 4.59. The lowest BCUT2D eigenvalue weighted by molar-refractivity contribution is 0.775. The Morgan fingerprint density at radius 3 is 2.05 bits per heavy atom. The van der Waals surface area contributed by atoms with Gasteiger partial charge >= 0.3 is 0 Å². The molecular weight excluding hydrogens is 270 g/mol. The van der Waals surface area contributed by atoms with E-state index < -0.39 is 0 Å². The fourth-order valence-electron chi connectivity index (χ4n) is 2.37. The number of benzene rings is 1. The molecule has 0 aliphatic rings. The molecule has 0 saturated carbocycles. The summed E-state index contributed by atoms with van der Waals surface area (Å²) in [5, 5.41) is 0. The van der Waals surface area contributed by atoms with Crippen molar-refractivity contribution in [1.29, 1.82) is 0 Å². The summed E-state index contributed by atoms with van der Waals surface area (Å²) in [6.45, 7) is 6.28. The molecule has 22 heavy (non-hydrogen) atoms. The fraction of sp³-hybridized carbons (Fsp3) is 0.211. The molecule has 0 amide bonds. The Morgan fingerprint density at radius 2 is 1.45 bits per heavy atom. The van der Waals surface area contributed by atoms with Crippen molar-refractivity contribution in [2.24, 2.45) is 0 Å². The highest BCUT2D eigenvalue weighted by Crippen LogP contribution is 2.24. The highest BCUT2D eigenvalue weighted by atomic mass is 14.9. The third-order valence-corrected chi connectivity index (χ3v) is 3.71. The molecule has 2 heterocycles.